The highest BCUT2D eigenvalue weighted by Crippen LogP contribution is 2.24. The second-order valence-electron chi connectivity index (χ2n) is 4.25. The van der Waals surface area contributed by atoms with Crippen LogP contribution in [0.3, 0.4) is 0 Å². The van der Waals surface area contributed by atoms with Crippen LogP contribution in [0, 0.1) is 6.92 Å². The molecule has 86 valence electrons. The van der Waals surface area contributed by atoms with Crippen molar-refractivity contribution in [2.24, 2.45) is 4.99 Å². The first kappa shape index (κ1) is 11.6. The lowest BCUT2D eigenvalue weighted by molar-refractivity contribution is 0.731. The Bertz CT molecular complexity index is 399. The van der Waals surface area contributed by atoms with Crippen molar-refractivity contribution in [3.63, 3.8) is 0 Å². The molecule has 1 N–H and O–H groups in total. The van der Waals surface area contributed by atoms with Gasteiger partial charge in [0.05, 0.1) is 5.69 Å². The Hall–Kier alpha value is -0.830. The van der Waals surface area contributed by atoms with Gasteiger partial charge in [-0.2, -0.15) is 0 Å². The zero-order valence-electron chi connectivity index (χ0n) is 9.59. The molecule has 0 atom stereocenters. The summed E-state index contributed by atoms with van der Waals surface area (Å²) in [5, 5.41) is 3.42. The van der Waals surface area contributed by atoms with Gasteiger partial charge in [0.15, 0.2) is 0 Å². The van der Waals surface area contributed by atoms with Gasteiger partial charge < -0.3 is 5.32 Å². The Morgan fingerprint density at radius 1 is 1.25 bits per heavy atom. The van der Waals surface area contributed by atoms with E-state index in [1.54, 1.807) is 0 Å². The van der Waals surface area contributed by atoms with E-state index in [0.717, 1.165) is 29.0 Å². The molecule has 1 heterocycles. The Kier molecular flexibility index (Phi) is 3.99. The molecule has 0 aliphatic carbocycles. The van der Waals surface area contributed by atoms with Gasteiger partial charge in [-0.05, 0) is 53.4 Å². The van der Waals surface area contributed by atoms with Crippen molar-refractivity contribution < 1.29 is 0 Å². The number of nitrogens with zero attached hydrogens (tertiary/aromatic N) is 1. The third kappa shape index (κ3) is 3.08. The SMILES string of the molecule is Cc1ccc(NC2=NCCCCC2)c(Br)c1. The highest BCUT2D eigenvalue weighted by atomic mass is 79.9. The summed E-state index contributed by atoms with van der Waals surface area (Å²) in [5.41, 5.74) is 2.38. The molecule has 0 fully saturated rings. The Morgan fingerprint density at radius 2 is 2.12 bits per heavy atom. The third-order valence-corrected chi connectivity index (χ3v) is 3.43. The smallest absolute Gasteiger partial charge is 0.101 e. The number of hydrogen-bond donors (Lipinski definition) is 1. The molecule has 2 rings (SSSR count). The molecule has 0 unspecified atom stereocenters. The van der Waals surface area contributed by atoms with Crippen LogP contribution < -0.4 is 5.32 Å². The van der Waals surface area contributed by atoms with Crippen molar-refractivity contribution >= 4 is 27.5 Å². The molecule has 0 saturated heterocycles. The monoisotopic (exact) mass is 280 g/mol. The summed E-state index contributed by atoms with van der Waals surface area (Å²) in [4.78, 5) is 4.57. The summed E-state index contributed by atoms with van der Waals surface area (Å²) >= 11 is 3.58. The number of aliphatic imine (C=N–C) groups is 1. The van der Waals surface area contributed by atoms with E-state index in [2.05, 4.69) is 51.4 Å². The van der Waals surface area contributed by atoms with Crippen LogP contribution in [-0.2, 0) is 0 Å². The molecule has 3 heteroatoms. The van der Waals surface area contributed by atoms with E-state index < -0.39 is 0 Å². The van der Waals surface area contributed by atoms with E-state index in [4.69, 9.17) is 0 Å². The van der Waals surface area contributed by atoms with Crippen LogP contribution in [0.4, 0.5) is 5.69 Å². The summed E-state index contributed by atoms with van der Waals surface area (Å²) < 4.78 is 1.11. The molecule has 1 aliphatic rings. The van der Waals surface area contributed by atoms with Crippen molar-refractivity contribution in [1.29, 1.82) is 0 Å². The van der Waals surface area contributed by atoms with Gasteiger partial charge in [-0.25, -0.2) is 0 Å². The maximum absolute atomic E-state index is 4.57. The quantitative estimate of drug-likeness (QED) is 0.822. The molecule has 16 heavy (non-hydrogen) atoms. The zero-order chi connectivity index (χ0) is 11.4. The van der Waals surface area contributed by atoms with Crippen molar-refractivity contribution in [1.82, 2.24) is 0 Å². The number of hydrogen-bond acceptors (Lipinski definition) is 2. The fraction of sp³-hybridized carbons (Fsp3) is 0.462. The Labute approximate surface area is 105 Å². The summed E-state index contributed by atoms with van der Waals surface area (Å²) in [5.74, 6) is 1.13. The van der Waals surface area contributed by atoms with Crippen LogP contribution in [0.2, 0.25) is 0 Å². The standard InChI is InChI=1S/C13H17BrN2/c1-10-6-7-12(11(14)9-10)16-13-5-3-2-4-8-15-13/h6-7,9H,2-5,8H2,1H3,(H,15,16). The van der Waals surface area contributed by atoms with Gasteiger partial charge in [0.2, 0.25) is 0 Å². The van der Waals surface area contributed by atoms with Crippen LogP contribution >= 0.6 is 15.9 Å². The minimum Gasteiger partial charge on any atom is -0.343 e. The first-order chi connectivity index (χ1) is 7.75. The third-order valence-electron chi connectivity index (χ3n) is 2.78. The highest BCUT2D eigenvalue weighted by molar-refractivity contribution is 9.10. The van der Waals surface area contributed by atoms with Gasteiger partial charge in [-0.1, -0.05) is 12.5 Å². The number of rotatable bonds is 1. The number of aryl methyl sites for hydroxylation is 1. The van der Waals surface area contributed by atoms with Crippen molar-refractivity contribution in [2.45, 2.75) is 32.6 Å². The second-order valence-corrected chi connectivity index (χ2v) is 5.10. The molecule has 0 saturated carbocycles. The van der Waals surface area contributed by atoms with Crippen LogP contribution in [0.1, 0.15) is 31.2 Å². The molecule has 0 spiro atoms. The normalized spacial score (nSPS) is 16.5. The predicted octanol–water partition coefficient (Wildman–Crippen LogP) is 4.14. The predicted molar refractivity (Wildman–Crippen MR) is 73.3 cm³/mol. The minimum atomic E-state index is 0.964. The molecule has 0 bridgehead atoms. The molecule has 1 aromatic carbocycles. The Balaban J connectivity index is 2.10. The summed E-state index contributed by atoms with van der Waals surface area (Å²) in [6.07, 6.45) is 4.83. The molecule has 0 amide bonds. The van der Waals surface area contributed by atoms with Crippen molar-refractivity contribution in [2.75, 3.05) is 11.9 Å². The van der Waals surface area contributed by atoms with Gasteiger partial charge in [0.1, 0.15) is 5.84 Å². The van der Waals surface area contributed by atoms with Crippen molar-refractivity contribution in [3.8, 4) is 0 Å². The van der Waals surface area contributed by atoms with E-state index in [1.807, 2.05) is 0 Å². The van der Waals surface area contributed by atoms with E-state index >= 15 is 0 Å². The lowest BCUT2D eigenvalue weighted by Gasteiger charge is -2.10. The molecule has 0 aromatic heterocycles. The number of amidine groups is 1. The molecule has 1 aromatic rings. The van der Waals surface area contributed by atoms with Gasteiger partial charge in [0.25, 0.3) is 0 Å². The molecule has 2 nitrogen and oxygen atoms in total. The first-order valence-corrected chi connectivity index (χ1v) is 6.61. The number of halogens is 1. The van der Waals surface area contributed by atoms with Crippen molar-refractivity contribution in [3.05, 3.63) is 28.2 Å². The Morgan fingerprint density at radius 3 is 2.94 bits per heavy atom. The van der Waals surface area contributed by atoms with E-state index in [1.165, 1.54) is 24.8 Å². The topological polar surface area (TPSA) is 24.4 Å². The van der Waals surface area contributed by atoms with Gasteiger partial charge >= 0.3 is 0 Å². The maximum atomic E-state index is 4.57. The summed E-state index contributed by atoms with van der Waals surface area (Å²) in [7, 11) is 0. The number of nitrogens with one attached hydrogen (secondary N) is 1. The maximum Gasteiger partial charge on any atom is 0.101 e. The average molecular weight is 281 g/mol. The van der Waals surface area contributed by atoms with E-state index in [0.29, 0.717) is 0 Å². The largest absolute Gasteiger partial charge is 0.343 e. The average Bonchev–Trinajstić information content (AvgIpc) is 2.51. The molecular weight excluding hydrogens is 264 g/mol. The molecule has 1 aliphatic heterocycles. The highest BCUT2D eigenvalue weighted by Gasteiger charge is 2.06. The summed E-state index contributed by atoms with van der Waals surface area (Å²) in [6, 6.07) is 6.34. The van der Waals surface area contributed by atoms with Crippen LogP contribution in [-0.4, -0.2) is 12.4 Å². The number of benzene rings is 1. The first-order valence-electron chi connectivity index (χ1n) is 5.82. The van der Waals surface area contributed by atoms with E-state index in [-0.39, 0.29) is 0 Å². The second kappa shape index (κ2) is 5.48. The molecule has 0 radical (unpaired) electrons. The van der Waals surface area contributed by atoms with E-state index in [9.17, 15) is 0 Å². The number of anilines is 1. The lowest BCUT2D eigenvalue weighted by Crippen LogP contribution is -2.11. The van der Waals surface area contributed by atoms with Crippen LogP contribution in [0.25, 0.3) is 0 Å². The lowest BCUT2D eigenvalue weighted by atomic mass is 10.2. The fourth-order valence-corrected chi connectivity index (χ4v) is 2.45. The summed E-state index contributed by atoms with van der Waals surface area (Å²) in [6.45, 7) is 3.06. The van der Waals surface area contributed by atoms with Crippen LogP contribution in [0.5, 0.6) is 0 Å². The van der Waals surface area contributed by atoms with Gasteiger partial charge in [-0.15, -0.1) is 0 Å². The molecular formula is C13H17BrN2. The van der Waals surface area contributed by atoms with Crippen LogP contribution in [0.15, 0.2) is 27.7 Å². The van der Waals surface area contributed by atoms with Gasteiger partial charge in [0, 0.05) is 17.4 Å². The van der Waals surface area contributed by atoms with Gasteiger partial charge in [-0.3, -0.25) is 4.99 Å². The minimum absolute atomic E-state index is 0.964. The fourth-order valence-electron chi connectivity index (χ4n) is 1.85. The zero-order valence-corrected chi connectivity index (χ0v) is 11.2.